The zero-order valence-electron chi connectivity index (χ0n) is 15.1. The first-order valence-electron chi connectivity index (χ1n) is 10.3. The summed E-state index contributed by atoms with van der Waals surface area (Å²) in [4.78, 5) is 13.1. The first-order chi connectivity index (χ1) is 12.7. The number of carbonyl (C=O) groups is 1. The quantitative estimate of drug-likeness (QED) is 0.603. The van der Waals surface area contributed by atoms with Gasteiger partial charge in [0.1, 0.15) is 12.2 Å². The second kappa shape index (κ2) is 5.45. The van der Waals surface area contributed by atoms with E-state index in [0.29, 0.717) is 17.8 Å². The van der Waals surface area contributed by atoms with E-state index in [2.05, 4.69) is 36.4 Å². The zero-order chi connectivity index (χ0) is 17.3. The number of carbonyl (C=O) groups excluding carboxylic acids is 1. The van der Waals surface area contributed by atoms with Crippen LogP contribution in [0.4, 0.5) is 0 Å². The van der Waals surface area contributed by atoms with Crippen molar-refractivity contribution in [2.24, 2.45) is 29.1 Å². The third-order valence-electron chi connectivity index (χ3n) is 7.86. The van der Waals surface area contributed by atoms with E-state index in [9.17, 15) is 4.79 Å². The van der Waals surface area contributed by atoms with Crippen molar-refractivity contribution >= 4 is 5.97 Å². The fraction of sp³-hybridized carbons (Fsp3) is 0.609. The van der Waals surface area contributed by atoms with Crippen molar-refractivity contribution in [3.8, 4) is 0 Å². The van der Waals surface area contributed by atoms with Crippen molar-refractivity contribution in [2.75, 3.05) is 6.61 Å². The SMILES string of the molecule is O=C(O[C@@H]1C2OC[C@@H]2CC12Cc1ccccc1C2)C1CC2C=CC1CC2. The summed E-state index contributed by atoms with van der Waals surface area (Å²) in [6.45, 7) is 0.841. The summed E-state index contributed by atoms with van der Waals surface area (Å²) in [5.74, 6) is 1.66. The monoisotopic (exact) mass is 350 g/mol. The molecule has 6 aliphatic rings. The van der Waals surface area contributed by atoms with Gasteiger partial charge < -0.3 is 9.47 Å². The highest BCUT2D eigenvalue weighted by atomic mass is 16.6. The van der Waals surface area contributed by atoms with Gasteiger partial charge >= 0.3 is 5.97 Å². The second-order valence-electron chi connectivity index (χ2n) is 9.33. The molecule has 1 aromatic rings. The average Bonchev–Trinajstić information content (AvgIpc) is 3.13. The predicted molar refractivity (Wildman–Crippen MR) is 97.5 cm³/mol. The molecule has 7 rings (SSSR count). The number of hydrogen-bond acceptors (Lipinski definition) is 3. The normalized spacial score (nSPS) is 40.9. The van der Waals surface area contributed by atoms with E-state index in [-0.39, 0.29) is 29.5 Å². The number of allylic oxidation sites excluding steroid dienone is 2. The van der Waals surface area contributed by atoms with E-state index in [0.717, 1.165) is 38.7 Å². The lowest BCUT2D eigenvalue weighted by Gasteiger charge is -2.40. The van der Waals surface area contributed by atoms with Crippen LogP contribution in [0.25, 0.3) is 0 Å². The molecule has 1 heterocycles. The zero-order valence-corrected chi connectivity index (χ0v) is 15.1. The van der Waals surface area contributed by atoms with Crippen LogP contribution in [-0.4, -0.2) is 24.8 Å². The van der Waals surface area contributed by atoms with Crippen LogP contribution in [0.15, 0.2) is 36.4 Å². The van der Waals surface area contributed by atoms with Gasteiger partial charge in [0.2, 0.25) is 0 Å². The summed E-state index contributed by atoms with van der Waals surface area (Å²) in [6.07, 6.45) is 11.2. The summed E-state index contributed by atoms with van der Waals surface area (Å²) in [7, 11) is 0. The van der Waals surface area contributed by atoms with Gasteiger partial charge in [-0.25, -0.2) is 0 Å². The summed E-state index contributed by atoms with van der Waals surface area (Å²) in [5.41, 5.74) is 2.94. The highest BCUT2D eigenvalue weighted by Crippen LogP contribution is 2.56. The molecule has 2 saturated carbocycles. The smallest absolute Gasteiger partial charge is 0.309 e. The molecule has 1 aliphatic heterocycles. The van der Waals surface area contributed by atoms with E-state index < -0.39 is 0 Å². The lowest BCUT2D eigenvalue weighted by Crippen LogP contribution is -2.48. The van der Waals surface area contributed by atoms with Crippen LogP contribution in [0.5, 0.6) is 0 Å². The third kappa shape index (κ3) is 2.13. The Balaban J connectivity index is 1.26. The van der Waals surface area contributed by atoms with E-state index >= 15 is 0 Å². The number of fused-ring (bicyclic) bond motifs is 4. The summed E-state index contributed by atoms with van der Waals surface area (Å²) >= 11 is 0. The molecular weight excluding hydrogens is 324 g/mol. The first kappa shape index (κ1) is 15.4. The van der Waals surface area contributed by atoms with Crippen LogP contribution in [0.1, 0.15) is 36.8 Å². The highest BCUT2D eigenvalue weighted by Gasteiger charge is 2.61. The van der Waals surface area contributed by atoms with Crippen molar-refractivity contribution in [3.05, 3.63) is 47.5 Å². The summed E-state index contributed by atoms with van der Waals surface area (Å²) in [6, 6.07) is 8.75. The van der Waals surface area contributed by atoms with Crippen LogP contribution in [0, 0.1) is 29.1 Å². The maximum absolute atomic E-state index is 13.1. The molecular formula is C23H26O3. The van der Waals surface area contributed by atoms with Gasteiger partial charge in [-0.2, -0.15) is 0 Å². The van der Waals surface area contributed by atoms with E-state index in [1.807, 2.05) is 0 Å². The Kier molecular flexibility index (Phi) is 3.24. The second-order valence-corrected chi connectivity index (χ2v) is 9.33. The molecule has 26 heavy (non-hydrogen) atoms. The third-order valence-corrected chi connectivity index (χ3v) is 7.86. The molecule has 5 aliphatic carbocycles. The van der Waals surface area contributed by atoms with Gasteiger partial charge in [-0.05, 0) is 61.5 Å². The molecule has 1 aromatic carbocycles. The summed E-state index contributed by atoms with van der Waals surface area (Å²) < 4.78 is 12.2. The molecule has 136 valence electrons. The van der Waals surface area contributed by atoms with E-state index in [4.69, 9.17) is 9.47 Å². The minimum atomic E-state index is -0.0643. The molecule has 0 N–H and O–H groups in total. The minimum absolute atomic E-state index is 0.0422. The number of benzene rings is 1. The van der Waals surface area contributed by atoms with Crippen molar-refractivity contribution in [3.63, 3.8) is 0 Å². The molecule has 3 fully saturated rings. The molecule has 2 bridgehead atoms. The minimum Gasteiger partial charge on any atom is -0.459 e. The Morgan fingerprint density at radius 1 is 1.12 bits per heavy atom. The van der Waals surface area contributed by atoms with Gasteiger partial charge in [-0.1, -0.05) is 36.4 Å². The molecule has 4 unspecified atom stereocenters. The fourth-order valence-electron chi connectivity index (χ4n) is 6.52. The lowest BCUT2D eigenvalue weighted by molar-refractivity contribution is -0.187. The van der Waals surface area contributed by atoms with Gasteiger partial charge in [0.05, 0.1) is 12.5 Å². The number of esters is 1. The van der Waals surface area contributed by atoms with Gasteiger partial charge in [-0.3, -0.25) is 4.79 Å². The predicted octanol–water partition coefficient (Wildman–Crippen LogP) is 3.70. The maximum Gasteiger partial charge on any atom is 0.309 e. The Bertz CT molecular complexity index is 756. The molecule has 6 atom stereocenters. The molecule has 0 radical (unpaired) electrons. The van der Waals surface area contributed by atoms with Crippen LogP contribution in [0.2, 0.25) is 0 Å². The Morgan fingerprint density at radius 2 is 1.92 bits per heavy atom. The number of hydrogen-bond donors (Lipinski definition) is 0. The molecule has 1 spiro atoms. The Hall–Kier alpha value is -1.61. The summed E-state index contributed by atoms with van der Waals surface area (Å²) in [5, 5.41) is 0. The molecule has 3 heteroatoms. The Labute approximate surface area is 154 Å². The van der Waals surface area contributed by atoms with E-state index in [1.165, 1.54) is 17.5 Å². The van der Waals surface area contributed by atoms with Crippen LogP contribution in [-0.2, 0) is 27.1 Å². The first-order valence-corrected chi connectivity index (χ1v) is 10.3. The number of ether oxygens (including phenoxy) is 2. The molecule has 3 nitrogen and oxygen atoms in total. The molecule has 1 saturated heterocycles. The van der Waals surface area contributed by atoms with Gasteiger partial charge in [0, 0.05) is 11.3 Å². The Morgan fingerprint density at radius 3 is 2.50 bits per heavy atom. The fourth-order valence-corrected chi connectivity index (χ4v) is 6.52. The van der Waals surface area contributed by atoms with Crippen molar-refractivity contribution < 1.29 is 14.3 Å². The largest absolute Gasteiger partial charge is 0.459 e. The van der Waals surface area contributed by atoms with Crippen LogP contribution < -0.4 is 0 Å². The van der Waals surface area contributed by atoms with Crippen molar-refractivity contribution in [2.45, 2.75) is 50.7 Å². The topological polar surface area (TPSA) is 35.5 Å². The maximum atomic E-state index is 13.1. The van der Waals surface area contributed by atoms with Gasteiger partial charge in [0.25, 0.3) is 0 Å². The average molecular weight is 350 g/mol. The van der Waals surface area contributed by atoms with Crippen molar-refractivity contribution in [1.29, 1.82) is 0 Å². The lowest BCUT2D eigenvalue weighted by atomic mass is 9.69. The van der Waals surface area contributed by atoms with E-state index in [1.54, 1.807) is 0 Å². The van der Waals surface area contributed by atoms with Gasteiger partial charge in [0.15, 0.2) is 0 Å². The molecule has 0 aromatic heterocycles. The van der Waals surface area contributed by atoms with Gasteiger partial charge in [-0.15, -0.1) is 0 Å². The van der Waals surface area contributed by atoms with Crippen LogP contribution in [0.3, 0.4) is 0 Å². The number of rotatable bonds is 2. The highest BCUT2D eigenvalue weighted by molar-refractivity contribution is 5.74. The van der Waals surface area contributed by atoms with Crippen LogP contribution >= 0.6 is 0 Å². The molecule has 0 amide bonds. The standard InChI is InChI=1S/C23H26O3/c24-22(19-9-14-5-7-15(19)8-6-14)26-21-20-18(13-25-20)12-23(21)10-16-3-1-2-4-17(16)11-23/h1-5,7,14-15,18-21H,6,8-13H2/t14?,15?,18-,19?,20?,21+/m0/s1. The van der Waals surface area contributed by atoms with Crippen molar-refractivity contribution in [1.82, 2.24) is 0 Å².